The highest BCUT2D eigenvalue weighted by atomic mass is 33.1. The van der Waals surface area contributed by atoms with E-state index in [0.717, 1.165) is 19.3 Å². The van der Waals surface area contributed by atoms with E-state index in [0.29, 0.717) is 11.7 Å². The van der Waals surface area contributed by atoms with Gasteiger partial charge in [-0.3, -0.25) is 19.2 Å². The van der Waals surface area contributed by atoms with Crippen molar-refractivity contribution in [1.29, 1.82) is 0 Å². The summed E-state index contributed by atoms with van der Waals surface area (Å²) >= 11 is 0. The Hall–Kier alpha value is -1.22. The fourth-order valence-corrected chi connectivity index (χ4v) is 5.14. The third-order valence-corrected chi connectivity index (χ3v) is 6.46. The highest BCUT2D eigenvalue weighted by Crippen LogP contribution is 2.39. The second kappa shape index (κ2) is 12.2. The van der Waals surface area contributed by atoms with Gasteiger partial charge in [0.25, 0.3) is 0 Å². The number of ketones is 1. The van der Waals surface area contributed by atoms with E-state index in [1.165, 1.54) is 12.2 Å². The number of rotatable bonds is 12. The van der Waals surface area contributed by atoms with Gasteiger partial charge in [-0.2, -0.15) is 0 Å². The molecule has 1 unspecified atom stereocenters. The molecule has 0 bridgehead atoms. The van der Waals surface area contributed by atoms with Crippen LogP contribution < -0.4 is 10.6 Å². The van der Waals surface area contributed by atoms with Crippen LogP contribution in [0.15, 0.2) is 0 Å². The number of nitrogens with one attached hydrogen (secondary N) is 2. The van der Waals surface area contributed by atoms with Crippen LogP contribution in [0.5, 0.6) is 0 Å². The molecule has 0 radical (unpaired) electrons. The zero-order valence-corrected chi connectivity index (χ0v) is 15.2. The SMILES string of the molecule is O=C(O)CNC(=O)CCC(=O)CNC(=O)CCCCC1CCSS1. The Morgan fingerprint density at radius 3 is 2.33 bits per heavy atom. The lowest BCUT2D eigenvalue weighted by atomic mass is 10.1. The molecule has 0 aromatic rings. The molecule has 0 aromatic carbocycles. The number of carbonyl (C=O) groups excluding carboxylic acids is 3. The van der Waals surface area contributed by atoms with Crippen molar-refractivity contribution < 1.29 is 24.3 Å². The summed E-state index contributed by atoms with van der Waals surface area (Å²) in [5.41, 5.74) is 0. The Kier molecular flexibility index (Phi) is 10.6. The molecule has 7 nitrogen and oxygen atoms in total. The van der Waals surface area contributed by atoms with Gasteiger partial charge in [-0.15, -0.1) is 0 Å². The van der Waals surface area contributed by atoms with Crippen molar-refractivity contribution in [2.45, 2.75) is 50.2 Å². The summed E-state index contributed by atoms with van der Waals surface area (Å²) in [5, 5.41) is 13.9. The van der Waals surface area contributed by atoms with Gasteiger partial charge in [0.2, 0.25) is 11.8 Å². The van der Waals surface area contributed by atoms with Crippen LogP contribution in [-0.4, -0.2) is 52.8 Å². The third-order valence-electron chi connectivity index (χ3n) is 3.46. The Morgan fingerprint density at radius 2 is 1.67 bits per heavy atom. The van der Waals surface area contributed by atoms with Crippen LogP contribution in [0.2, 0.25) is 0 Å². The van der Waals surface area contributed by atoms with Crippen LogP contribution in [0.25, 0.3) is 0 Å². The highest BCUT2D eigenvalue weighted by molar-refractivity contribution is 8.77. The zero-order chi connectivity index (χ0) is 17.8. The molecule has 0 saturated carbocycles. The van der Waals surface area contributed by atoms with Crippen LogP contribution in [0.4, 0.5) is 0 Å². The van der Waals surface area contributed by atoms with E-state index in [4.69, 9.17) is 5.11 Å². The molecule has 1 aliphatic rings. The Bertz CT molecular complexity index is 453. The van der Waals surface area contributed by atoms with Gasteiger partial charge in [0, 0.05) is 30.3 Å². The van der Waals surface area contributed by atoms with E-state index in [1.807, 2.05) is 21.6 Å². The molecule has 3 N–H and O–H groups in total. The average molecular weight is 377 g/mol. The van der Waals surface area contributed by atoms with Crippen molar-refractivity contribution in [3.63, 3.8) is 0 Å². The first kappa shape index (κ1) is 20.8. The molecular weight excluding hydrogens is 352 g/mol. The number of amides is 2. The molecular formula is C15H24N2O5S2. The molecule has 0 spiro atoms. The number of aliphatic carboxylic acids is 1. The number of unbranched alkanes of at least 4 members (excludes halogenated alkanes) is 1. The smallest absolute Gasteiger partial charge is 0.322 e. The molecule has 1 atom stereocenters. The first-order valence-electron chi connectivity index (χ1n) is 8.02. The molecule has 1 saturated heterocycles. The molecule has 24 heavy (non-hydrogen) atoms. The summed E-state index contributed by atoms with van der Waals surface area (Å²) in [4.78, 5) is 44.7. The van der Waals surface area contributed by atoms with E-state index in [2.05, 4.69) is 10.6 Å². The van der Waals surface area contributed by atoms with Crippen molar-refractivity contribution in [3.8, 4) is 0 Å². The molecule has 0 aliphatic carbocycles. The molecule has 136 valence electrons. The fourth-order valence-electron chi connectivity index (χ4n) is 2.11. The van der Waals surface area contributed by atoms with Gasteiger partial charge in [0.05, 0.1) is 6.54 Å². The van der Waals surface area contributed by atoms with Crippen molar-refractivity contribution >= 4 is 45.2 Å². The Morgan fingerprint density at radius 1 is 0.958 bits per heavy atom. The number of hydrogen-bond donors (Lipinski definition) is 3. The average Bonchev–Trinajstić information content (AvgIpc) is 3.06. The second-order valence-corrected chi connectivity index (χ2v) is 8.35. The molecule has 1 rings (SSSR count). The Labute approximate surface area is 149 Å². The summed E-state index contributed by atoms with van der Waals surface area (Å²) < 4.78 is 0. The van der Waals surface area contributed by atoms with E-state index in [-0.39, 0.29) is 31.1 Å². The van der Waals surface area contributed by atoms with Crippen molar-refractivity contribution in [1.82, 2.24) is 10.6 Å². The van der Waals surface area contributed by atoms with Crippen molar-refractivity contribution in [2.24, 2.45) is 0 Å². The first-order chi connectivity index (χ1) is 11.5. The lowest BCUT2D eigenvalue weighted by molar-refractivity contribution is -0.138. The molecule has 0 aromatic heterocycles. The maximum absolute atomic E-state index is 11.6. The molecule has 1 aliphatic heterocycles. The van der Waals surface area contributed by atoms with Crippen LogP contribution in [0, 0.1) is 0 Å². The molecule has 2 amide bonds. The van der Waals surface area contributed by atoms with Crippen LogP contribution >= 0.6 is 21.6 Å². The van der Waals surface area contributed by atoms with Crippen LogP contribution in [0.1, 0.15) is 44.9 Å². The summed E-state index contributed by atoms with van der Waals surface area (Å²) in [6.07, 6.45) is 4.55. The predicted molar refractivity (Wildman–Crippen MR) is 94.8 cm³/mol. The largest absolute Gasteiger partial charge is 0.480 e. The lowest BCUT2D eigenvalue weighted by Gasteiger charge is -2.07. The summed E-state index contributed by atoms with van der Waals surface area (Å²) in [5.74, 6) is -0.792. The van der Waals surface area contributed by atoms with Gasteiger partial charge in [0.15, 0.2) is 5.78 Å². The zero-order valence-electron chi connectivity index (χ0n) is 13.5. The minimum atomic E-state index is -1.13. The topological polar surface area (TPSA) is 113 Å². The number of carboxylic acid groups (broad SMARTS) is 1. The fraction of sp³-hybridized carbons (Fsp3) is 0.733. The highest BCUT2D eigenvalue weighted by Gasteiger charge is 2.16. The third kappa shape index (κ3) is 10.5. The molecule has 9 heteroatoms. The van der Waals surface area contributed by atoms with E-state index in [9.17, 15) is 19.2 Å². The van der Waals surface area contributed by atoms with Crippen LogP contribution in [-0.2, 0) is 19.2 Å². The van der Waals surface area contributed by atoms with Crippen molar-refractivity contribution in [2.75, 3.05) is 18.8 Å². The van der Waals surface area contributed by atoms with Gasteiger partial charge >= 0.3 is 5.97 Å². The summed E-state index contributed by atoms with van der Waals surface area (Å²) in [6.45, 7) is -0.540. The molecule has 1 fully saturated rings. The normalized spacial score (nSPS) is 16.6. The number of carbonyl (C=O) groups is 4. The van der Waals surface area contributed by atoms with Gasteiger partial charge in [0.1, 0.15) is 6.54 Å². The Balaban J connectivity index is 1.99. The van der Waals surface area contributed by atoms with Crippen LogP contribution in [0.3, 0.4) is 0 Å². The minimum Gasteiger partial charge on any atom is -0.480 e. The van der Waals surface area contributed by atoms with E-state index in [1.54, 1.807) is 0 Å². The first-order valence-corrected chi connectivity index (χ1v) is 10.4. The minimum absolute atomic E-state index is 0.0116. The number of hydrogen-bond acceptors (Lipinski definition) is 6. The maximum atomic E-state index is 11.6. The van der Waals surface area contributed by atoms with Gasteiger partial charge in [-0.1, -0.05) is 28.0 Å². The standard InChI is InChI=1S/C15H24N2O5S2/c18-11(5-6-14(20)17-10-15(21)22)9-16-13(19)4-2-1-3-12-7-8-23-24-12/h12H,1-10H2,(H,16,19)(H,17,20)(H,21,22). The molecule has 1 heterocycles. The maximum Gasteiger partial charge on any atom is 0.322 e. The lowest BCUT2D eigenvalue weighted by Crippen LogP contribution is -2.32. The monoisotopic (exact) mass is 376 g/mol. The van der Waals surface area contributed by atoms with Gasteiger partial charge in [-0.25, -0.2) is 0 Å². The summed E-state index contributed by atoms with van der Waals surface area (Å²) in [7, 11) is 3.85. The van der Waals surface area contributed by atoms with E-state index < -0.39 is 18.4 Å². The van der Waals surface area contributed by atoms with Gasteiger partial charge < -0.3 is 15.7 Å². The van der Waals surface area contributed by atoms with E-state index >= 15 is 0 Å². The number of carboxylic acids is 1. The quantitative estimate of drug-likeness (QED) is 0.348. The number of Topliss-reactive ketones (excluding diaryl/α,β-unsaturated/α-hetero) is 1. The van der Waals surface area contributed by atoms with Crippen molar-refractivity contribution in [3.05, 3.63) is 0 Å². The summed E-state index contributed by atoms with van der Waals surface area (Å²) in [6, 6.07) is 0. The predicted octanol–water partition coefficient (Wildman–Crippen LogP) is 1.37. The second-order valence-electron chi connectivity index (χ2n) is 5.56. The van der Waals surface area contributed by atoms with Gasteiger partial charge in [-0.05, 0) is 19.3 Å².